The first-order chi connectivity index (χ1) is 11.7. The molecule has 1 aliphatic heterocycles. The van der Waals surface area contributed by atoms with E-state index in [-0.39, 0.29) is 11.7 Å². The number of rotatable bonds is 2. The Morgan fingerprint density at radius 1 is 1.08 bits per heavy atom. The van der Waals surface area contributed by atoms with Crippen LogP contribution >= 0.6 is 23.2 Å². The van der Waals surface area contributed by atoms with Crippen LogP contribution in [0.5, 0.6) is 0 Å². The topological polar surface area (TPSA) is 43.1 Å². The minimum absolute atomic E-state index is 0.200. The third-order valence-electron chi connectivity index (χ3n) is 3.88. The molecule has 3 aromatic rings. The molecule has 0 amide bonds. The molecule has 7 heteroatoms. The Labute approximate surface area is 147 Å². The first-order valence-electron chi connectivity index (χ1n) is 7.28. The molecule has 2 heterocycles. The molecule has 0 N–H and O–H groups in total. The van der Waals surface area contributed by atoms with Crippen molar-refractivity contribution < 1.29 is 4.39 Å². The van der Waals surface area contributed by atoms with Gasteiger partial charge in [0.15, 0.2) is 11.6 Å². The lowest BCUT2D eigenvalue weighted by Gasteiger charge is -2.13. The minimum Gasteiger partial charge on any atom is -0.280 e. The van der Waals surface area contributed by atoms with Gasteiger partial charge >= 0.3 is 0 Å². The fraction of sp³-hybridized carbons (Fsp3) is 0.118. The molecule has 0 saturated carbocycles. The minimum atomic E-state index is -0.350. The van der Waals surface area contributed by atoms with E-state index in [1.54, 1.807) is 12.1 Å². The molecule has 0 aliphatic carbocycles. The summed E-state index contributed by atoms with van der Waals surface area (Å²) in [6, 6.07) is 11.9. The molecule has 24 heavy (non-hydrogen) atoms. The second-order valence-corrected chi connectivity index (χ2v) is 5.98. The fourth-order valence-corrected chi connectivity index (χ4v) is 3.23. The predicted molar refractivity (Wildman–Crippen MR) is 91.7 cm³/mol. The van der Waals surface area contributed by atoms with Gasteiger partial charge in [0, 0.05) is 16.1 Å². The van der Waals surface area contributed by atoms with Crippen LogP contribution < -0.4 is 0 Å². The average molecular weight is 361 g/mol. The molecule has 4 rings (SSSR count). The van der Waals surface area contributed by atoms with Crippen LogP contribution in [0, 0.1) is 5.82 Å². The molecular formula is C17H11Cl2FN4. The van der Waals surface area contributed by atoms with Crippen molar-refractivity contribution in [2.24, 2.45) is 4.99 Å². The van der Waals surface area contributed by atoms with E-state index in [1.165, 1.54) is 12.1 Å². The number of aromatic nitrogens is 3. The van der Waals surface area contributed by atoms with Crippen LogP contribution in [-0.2, 0) is 12.4 Å². The summed E-state index contributed by atoms with van der Waals surface area (Å²) in [4.78, 5) is 4.62. The zero-order valence-corrected chi connectivity index (χ0v) is 13.9. The van der Waals surface area contributed by atoms with Gasteiger partial charge in [-0.2, -0.15) is 0 Å². The molecular weight excluding hydrogens is 350 g/mol. The van der Waals surface area contributed by atoms with Gasteiger partial charge in [0.2, 0.25) is 0 Å². The average Bonchev–Trinajstić information content (AvgIpc) is 2.93. The largest absolute Gasteiger partial charge is 0.280 e. The van der Waals surface area contributed by atoms with E-state index >= 15 is 0 Å². The Kier molecular flexibility index (Phi) is 3.82. The quantitative estimate of drug-likeness (QED) is 0.644. The number of alkyl halides is 1. The van der Waals surface area contributed by atoms with Crippen LogP contribution in [0.2, 0.25) is 5.02 Å². The molecule has 1 aliphatic rings. The number of aliphatic imine (C=N–C) groups is 1. The standard InChI is InChI=1S/C17H11Cl2FN4/c18-8-15-22-23-16-9-21-17(11-3-1-2-4-13(11)19)12-7-10(20)5-6-14(12)24(15)16/h1-7H,8-9H2. The van der Waals surface area contributed by atoms with Crippen molar-refractivity contribution in [2.75, 3.05) is 0 Å². The zero-order chi connectivity index (χ0) is 16.7. The first kappa shape index (κ1) is 15.3. The highest BCUT2D eigenvalue weighted by atomic mass is 35.5. The first-order valence-corrected chi connectivity index (χ1v) is 8.19. The van der Waals surface area contributed by atoms with Gasteiger partial charge in [-0.1, -0.05) is 29.8 Å². The van der Waals surface area contributed by atoms with Gasteiger partial charge in [-0.15, -0.1) is 21.8 Å². The molecule has 120 valence electrons. The third-order valence-corrected chi connectivity index (χ3v) is 4.45. The third kappa shape index (κ3) is 2.41. The summed E-state index contributed by atoms with van der Waals surface area (Å²) in [6.45, 7) is 0.306. The highest BCUT2D eigenvalue weighted by Crippen LogP contribution is 2.29. The summed E-state index contributed by atoms with van der Waals surface area (Å²) in [5.41, 5.74) is 2.74. The summed E-state index contributed by atoms with van der Waals surface area (Å²) < 4.78 is 15.8. The lowest BCUT2D eigenvalue weighted by Crippen LogP contribution is -2.10. The molecule has 0 unspecified atom stereocenters. The number of fused-ring (bicyclic) bond motifs is 3. The lowest BCUT2D eigenvalue weighted by atomic mass is 10.00. The Hall–Kier alpha value is -2.24. The van der Waals surface area contributed by atoms with Gasteiger partial charge in [-0.3, -0.25) is 9.56 Å². The molecule has 2 aromatic carbocycles. The maximum absolute atomic E-state index is 13.9. The maximum atomic E-state index is 13.9. The summed E-state index contributed by atoms with van der Waals surface area (Å²) in [5, 5.41) is 8.80. The molecule has 0 bridgehead atoms. The lowest BCUT2D eigenvalue weighted by molar-refractivity contribution is 0.627. The van der Waals surface area contributed by atoms with Gasteiger partial charge in [0.1, 0.15) is 12.4 Å². The monoisotopic (exact) mass is 360 g/mol. The number of nitrogens with zero attached hydrogens (tertiary/aromatic N) is 4. The van der Waals surface area contributed by atoms with Gasteiger partial charge in [-0.25, -0.2) is 4.39 Å². The van der Waals surface area contributed by atoms with Crippen LogP contribution in [0.4, 0.5) is 4.39 Å². The van der Waals surface area contributed by atoms with Crippen molar-refractivity contribution in [3.8, 4) is 5.69 Å². The van der Waals surface area contributed by atoms with Crippen LogP contribution in [0.15, 0.2) is 47.5 Å². The normalized spacial score (nSPS) is 13.0. The van der Waals surface area contributed by atoms with Gasteiger partial charge in [-0.05, 0) is 24.3 Å². The van der Waals surface area contributed by atoms with Crippen molar-refractivity contribution in [3.05, 3.63) is 76.1 Å². The van der Waals surface area contributed by atoms with E-state index in [1.807, 2.05) is 22.8 Å². The number of benzene rings is 2. The van der Waals surface area contributed by atoms with Crippen LogP contribution in [0.1, 0.15) is 22.8 Å². The smallest absolute Gasteiger partial charge is 0.159 e. The summed E-state index contributed by atoms with van der Waals surface area (Å²) in [6.07, 6.45) is 0. The maximum Gasteiger partial charge on any atom is 0.159 e. The Morgan fingerprint density at radius 2 is 1.92 bits per heavy atom. The van der Waals surface area contributed by atoms with E-state index in [0.717, 1.165) is 11.3 Å². The molecule has 0 atom stereocenters. The second-order valence-electron chi connectivity index (χ2n) is 5.31. The highest BCUT2D eigenvalue weighted by Gasteiger charge is 2.23. The zero-order valence-electron chi connectivity index (χ0n) is 12.4. The van der Waals surface area contributed by atoms with Crippen molar-refractivity contribution in [3.63, 3.8) is 0 Å². The van der Waals surface area contributed by atoms with Gasteiger partial charge in [0.25, 0.3) is 0 Å². The molecule has 0 saturated heterocycles. The summed E-state index contributed by atoms with van der Waals surface area (Å²) >= 11 is 12.3. The Morgan fingerprint density at radius 3 is 2.71 bits per heavy atom. The SMILES string of the molecule is Fc1ccc2c(c1)C(c1ccccc1Cl)=NCc1nnc(CCl)n1-2. The molecule has 0 fully saturated rings. The van der Waals surface area contributed by atoms with E-state index < -0.39 is 0 Å². The van der Waals surface area contributed by atoms with Crippen LogP contribution in [0.25, 0.3) is 5.69 Å². The van der Waals surface area contributed by atoms with Gasteiger partial charge in [0.05, 0.1) is 17.3 Å². The summed E-state index contributed by atoms with van der Waals surface area (Å²) in [7, 11) is 0. The van der Waals surface area contributed by atoms with E-state index in [0.29, 0.717) is 34.5 Å². The Balaban J connectivity index is 2.01. The van der Waals surface area contributed by atoms with E-state index in [2.05, 4.69) is 15.2 Å². The number of halogens is 3. The van der Waals surface area contributed by atoms with Crippen molar-refractivity contribution in [1.82, 2.24) is 14.8 Å². The highest BCUT2D eigenvalue weighted by molar-refractivity contribution is 6.35. The van der Waals surface area contributed by atoms with E-state index in [9.17, 15) is 4.39 Å². The van der Waals surface area contributed by atoms with Crippen molar-refractivity contribution in [2.45, 2.75) is 12.4 Å². The van der Waals surface area contributed by atoms with Gasteiger partial charge < -0.3 is 0 Å². The Bertz CT molecular complexity index is 965. The van der Waals surface area contributed by atoms with Crippen LogP contribution in [0.3, 0.4) is 0 Å². The summed E-state index contributed by atoms with van der Waals surface area (Å²) in [5.74, 6) is 1.10. The van der Waals surface area contributed by atoms with Crippen molar-refractivity contribution in [1.29, 1.82) is 0 Å². The second kappa shape index (κ2) is 6.00. The number of hydrogen-bond acceptors (Lipinski definition) is 3. The van der Waals surface area contributed by atoms with E-state index in [4.69, 9.17) is 23.2 Å². The van der Waals surface area contributed by atoms with Crippen molar-refractivity contribution >= 4 is 28.9 Å². The van der Waals surface area contributed by atoms with Crippen LogP contribution in [-0.4, -0.2) is 20.5 Å². The molecule has 4 nitrogen and oxygen atoms in total. The molecule has 0 radical (unpaired) electrons. The fourth-order valence-electron chi connectivity index (χ4n) is 2.83. The molecule has 0 spiro atoms. The predicted octanol–water partition coefficient (Wildman–Crippen LogP) is 4.15. The molecule has 1 aromatic heterocycles. The number of hydrogen-bond donors (Lipinski definition) is 0.